The van der Waals surface area contributed by atoms with Gasteiger partial charge >= 0.3 is 11.7 Å². The number of anilines is 1. The number of rotatable bonds is 7. The van der Waals surface area contributed by atoms with Gasteiger partial charge in [0, 0.05) is 11.8 Å². The summed E-state index contributed by atoms with van der Waals surface area (Å²) >= 11 is 0. The van der Waals surface area contributed by atoms with E-state index in [1.807, 2.05) is 19.9 Å². The summed E-state index contributed by atoms with van der Waals surface area (Å²) in [5.74, 6) is -1.32. The fourth-order valence-electron chi connectivity index (χ4n) is 2.68. The van der Waals surface area contributed by atoms with Gasteiger partial charge in [-0.25, -0.2) is 13.2 Å². The zero-order chi connectivity index (χ0) is 20.3. The summed E-state index contributed by atoms with van der Waals surface area (Å²) in [6.07, 6.45) is 0.669. The van der Waals surface area contributed by atoms with Gasteiger partial charge in [0.25, 0.3) is 10.0 Å². The molecule has 8 nitrogen and oxygen atoms in total. The lowest BCUT2D eigenvalue weighted by atomic mass is 10.2. The Morgan fingerprint density at radius 3 is 2.71 bits per heavy atom. The zero-order valence-electron chi connectivity index (χ0n) is 15.5. The first-order valence-electron chi connectivity index (χ1n) is 8.68. The van der Waals surface area contributed by atoms with Gasteiger partial charge in [-0.3, -0.25) is 14.1 Å². The van der Waals surface area contributed by atoms with E-state index in [1.165, 1.54) is 18.2 Å². The molecule has 9 heteroatoms. The van der Waals surface area contributed by atoms with Crippen LogP contribution in [0.3, 0.4) is 0 Å². The van der Waals surface area contributed by atoms with Crippen molar-refractivity contribution < 1.29 is 22.4 Å². The van der Waals surface area contributed by atoms with E-state index in [9.17, 15) is 18.0 Å². The van der Waals surface area contributed by atoms with Crippen molar-refractivity contribution in [3.63, 3.8) is 0 Å². The second-order valence-electron chi connectivity index (χ2n) is 6.28. The maximum absolute atomic E-state index is 12.6. The van der Waals surface area contributed by atoms with Crippen LogP contribution >= 0.6 is 0 Å². The smallest absolute Gasteiger partial charge is 0.420 e. The van der Waals surface area contributed by atoms with Crippen molar-refractivity contribution in [3.05, 3.63) is 58.6 Å². The van der Waals surface area contributed by atoms with Crippen LogP contribution in [0, 0.1) is 6.92 Å². The van der Waals surface area contributed by atoms with Gasteiger partial charge in [-0.1, -0.05) is 19.1 Å². The van der Waals surface area contributed by atoms with E-state index in [0.29, 0.717) is 17.6 Å². The highest BCUT2D eigenvalue weighted by Crippen LogP contribution is 2.21. The number of oxazole rings is 1. The average molecular weight is 404 g/mol. The number of hydrogen-bond donors (Lipinski definition) is 1. The number of nitrogens with zero attached hydrogens (tertiary/aromatic N) is 1. The van der Waals surface area contributed by atoms with Gasteiger partial charge in [0.15, 0.2) is 5.58 Å². The zero-order valence-corrected chi connectivity index (χ0v) is 16.3. The lowest BCUT2D eigenvalue weighted by Crippen LogP contribution is -2.21. The quantitative estimate of drug-likeness (QED) is 0.607. The number of sulfonamides is 1. The predicted molar refractivity (Wildman–Crippen MR) is 104 cm³/mol. The Bertz CT molecular complexity index is 1180. The molecule has 1 aromatic heterocycles. The Kier molecular flexibility index (Phi) is 5.55. The summed E-state index contributed by atoms with van der Waals surface area (Å²) in [4.78, 5) is 23.8. The van der Waals surface area contributed by atoms with Crippen LogP contribution in [0.15, 0.2) is 56.6 Å². The number of aromatic nitrogens is 1. The molecule has 0 saturated heterocycles. The molecular formula is C19H20N2O6S. The Morgan fingerprint density at radius 2 is 2.00 bits per heavy atom. The van der Waals surface area contributed by atoms with Crippen LogP contribution in [0.5, 0.6) is 0 Å². The number of ether oxygens (including phenoxy) is 1. The van der Waals surface area contributed by atoms with Gasteiger partial charge in [-0.15, -0.1) is 0 Å². The highest BCUT2D eigenvalue weighted by atomic mass is 32.2. The van der Waals surface area contributed by atoms with Crippen LogP contribution in [0.25, 0.3) is 11.1 Å². The van der Waals surface area contributed by atoms with Crippen molar-refractivity contribution in [1.29, 1.82) is 0 Å². The van der Waals surface area contributed by atoms with E-state index < -0.39 is 21.7 Å². The molecule has 0 saturated carbocycles. The number of benzene rings is 2. The third-order valence-electron chi connectivity index (χ3n) is 3.97. The molecule has 1 N–H and O–H groups in total. The summed E-state index contributed by atoms with van der Waals surface area (Å²) in [6.45, 7) is 3.67. The molecule has 0 aliphatic rings. The number of esters is 1. The normalized spacial score (nSPS) is 11.5. The molecule has 0 aliphatic heterocycles. The van der Waals surface area contributed by atoms with E-state index in [2.05, 4.69) is 4.72 Å². The van der Waals surface area contributed by atoms with Gasteiger partial charge in [-0.05, 0) is 43.2 Å². The number of hydrogen-bond acceptors (Lipinski definition) is 6. The topological polar surface area (TPSA) is 108 Å². The van der Waals surface area contributed by atoms with Crippen LogP contribution in [0.1, 0.15) is 18.9 Å². The molecule has 3 rings (SSSR count). The molecule has 0 unspecified atom stereocenters. The molecule has 0 atom stereocenters. The first-order valence-corrected chi connectivity index (χ1v) is 10.2. The lowest BCUT2D eigenvalue weighted by molar-refractivity contribution is -0.144. The van der Waals surface area contributed by atoms with Gasteiger partial charge in [0.1, 0.15) is 6.54 Å². The number of carbonyl (C=O) groups excluding carboxylic acids is 1. The molecule has 28 heavy (non-hydrogen) atoms. The Hall–Kier alpha value is -3.07. The van der Waals surface area contributed by atoms with E-state index in [0.717, 1.165) is 10.1 Å². The van der Waals surface area contributed by atoms with Crippen LogP contribution in [0.4, 0.5) is 5.69 Å². The number of aryl methyl sites for hydroxylation is 1. The minimum Gasteiger partial charge on any atom is -0.464 e. The Balaban J connectivity index is 1.90. The predicted octanol–water partition coefficient (Wildman–Crippen LogP) is 2.66. The van der Waals surface area contributed by atoms with Crippen LogP contribution in [0.2, 0.25) is 0 Å². The minimum atomic E-state index is -3.87. The molecular weight excluding hydrogens is 384 g/mol. The Morgan fingerprint density at radius 1 is 1.21 bits per heavy atom. The SMILES string of the molecule is CCCOC(=O)Cn1c(=O)oc2cc(S(=O)(=O)Nc3cccc(C)c3)ccc21. The fraction of sp³-hybridized carbons (Fsp3) is 0.263. The second-order valence-corrected chi connectivity index (χ2v) is 7.96. The lowest BCUT2D eigenvalue weighted by Gasteiger charge is -2.09. The van der Waals surface area contributed by atoms with E-state index in [-0.39, 0.29) is 23.6 Å². The summed E-state index contributed by atoms with van der Waals surface area (Å²) in [6, 6.07) is 11.0. The van der Waals surface area contributed by atoms with Crippen molar-refractivity contribution in [2.24, 2.45) is 0 Å². The molecule has 1 heterocycles. The van der Waals surface area contributed by atoms with E-state index in [4.69, 9.17) is 9.15 Å². The summed E-state index contributed by atoms with van der Waals surface area (Å²) in [7, 11) is -3.87. The van der Waals surface area contributed by atoms with E-state index in [1.54, 1.807) is 18.2 Å². The van der Waals surface area contributed by atoms with Crippen LogP contribution in [-0.4, -0.2) is 25.6 Å². The maximum Gasteiger partial charge on any atom is 0.420 e. The first-order chi connectivity index (χ1) is 13.3. The van der Waals surface area contributed by atoms with E-state index >= 15 is 0 Å². The summed E-state index contributed by atoms with van der Waals surface area (Å²) in [5.41, 5.74) is 1.72. The van der Waals surface area contributed by atoms with Crippen LogP contribution in [-0.2, 0) is 26.1 Å². The molecule has 0 amide bonds. The average Bonchev–Trinajstić information content (AvgIpc) is 2.94. The number of fused-ring (bicyclic) bond motifs is 1. The van der Waals surface area contributed by atoms with Crippen molar-refractivity contribution in [3.8, 4) is 0 Å². The van der Waals surface area contributed by atoms with Gasteiger partial charge in [0.05, 0.1) is 17.0 Å². The second kappa shape index (κ2) is 7.89. The standard InChI is InChI=1S/C19H20N2O6S/c1-3-9-26-18(22)12-21-16-8-7-15(11-17(16)27-19(21)23)28(24,25)20-14-6-4-5-13(2)10-14/h4-8,10-11,20H,3,9,12H2,1-2H3. The largest absolute Gasteiger partial charge is 0.464 e. The Labute approximate surface area is 161 Å². The van der Waals surface area contributed by atoms with Crippen molar-refractivity contribution in [1.82, 2.24) is 4.57 Å². The molecule has 0 fully saturated rings. The monoisotopic (exact) mass is 404 g/mol. The highest BCUT2D eigenvalue weighted by molar-refractivity contribution is 7.92. The molecule has 0 bridgehead atoms. The molecule has 3 aromatic rings. The van der Waals surface area contributed by atoms with Gasteiger partial charge in [0.2, 0.25) is 0 Å². The maximum atomic E-state index is 12.6. The fourth-order valence-corrected chi connectivity index (χ4v) is 3.74. The molecule has 148 valence electrons. The van der Waals surface area contributed by atoms with Gasteiger partial charge < -0.3 is 9.15 Å². The minimum absolute atomic E-state index is 0.0593. The third-order valence-corrected chi connectivity index (χ3v) is 5.35. The van der Waals surface area contributed by atoms with Crippen molar-refractivity contribution in [2.45, 2.75) is 31.7 Å². The highest BCUT2D eigenvalue weighted by Gasteiger charge is 2.19. The van der Waals surface area contributed by atoms with Crippen molar-refractivity contribution in [2.75, 3.05) is 11.3 Å². The molecule has 0 spiro atoms. The number of carbonyl (C=O) groups is 1. The first kappa shape index (κ1) is 19.7. The van der Waals surface area contributed by atoms with Crippen LogP contribution < -0.4 is 10.5 Å². The van der Waals surface area contributed by atoms with Gasteiger partial charge in [-0.2, -0.15) is 0 Å². The van der Waals surface area contributed by atoms with Crippen molar-refractivity contribution >= 4 is 32.8 Å². The molecule has 0 aliphatic carbocycles. The molecule has 0 radical (unpaired) electrons. The summed E-state index contributed by atoms with van der Waals surface area (Å²) < 4.78 is 39.0. The summed E-state index contributed by atoms with van der Waals surface area (Å²) in [5, 5.41) is 0. The number of nitrogens with one attached hydrogen (secondary N) is 1. The third kappa shape index (κ3) is 4.25. The molecule has 2 aromatic carbocycles.